The van der Waals surface area contributed by atoms with E-state index >= 15 is 0 Å². The summed E-state index contributed by atoms with van der Waals surface area (Å²) in [6.07, 6.45) is -4.09. The summed E-state index contributed by atoms with van der Waals surface area (Å²) < 4.78 is 0. The number of nitrogens with zero attached hydrogens (tertiary/aromatic N) is 1. The number of guanidine groups is 1. The number of aliphatic hydroxyl groups is 6. The van der Waals surface area contributed by atoms with Crippen LogP contribution >= 0.6 is 0 Å². The summed E-state index contributed by atoms with van der Waals surface area (Å²) in [4.78, 5) is 299. The number of carbonyl (C=O) groups excluding carboxylic acids is 20. The molecule has 1 saturated heterocycles. The van der Waals surface area contributed by atoms with Gasteiger partial charge in [0, 0.05) is 25.9 Å². The number of nitrogens with one attached hydrogen (secondary N) is 20. The maximum Gasteiger partial charge on any atom is 0.328 e. The van der Waals surface area contributed by atoms with Gasteiger partial charge in [0.1, 0.15) is 115 Å². The Kier molecular flexibility index (Phi) is 54.8. The number of phenols is 1. The lowest BCUT2D eigenvalue weighted by molar-refractivity contribution is -0.143. The molecule has 1 fully saturated rings. The molecule has 0 aliphatic carbocycles. The minimum Gasteiger partial charge on any atom is -0.508 e. The molecule has 1 aliphatic heterocycles. The van der Waals surface area contributed by atoms with Gasteiger partial charge in [-0.3, -0.25) is 106 Å². The van der Waals surface area contributed by atoms with Crippen molar-refractivity contribution >= 4 is 136 Å². The fraction of sp³-hybridized carbons (Fsp3) is 0.667. The number of phenolic OH excluding ortho intramolecular Hbond substituents is 1. The third-order valence-electron chi connectivity index (χ3n) is 22.1. The standard InChI is InChI=1S/C87H144N24O31/c1-14-43(10)67(109-77(132)53(29-41(6)7)98-75(130)52(28-40(4)5)99-78(133)57(35-113)105-81(136)61-18-16-26-111(61)85(140)50(17-15-25-92-87(90)91)97-72(127)49(23-24-62(89)119)96-63(120)32-88)83(138)102-54(30-47-19-21-48(118)22-20-47)76(131)100-55(31-65(122)123)74(129)95-45(12)70(125)104-59(37-115)80(135)110-68(46(13)117)84(139)101-51(27-39(2)3)73(128)94-44(11)69(124)103-56(34-112)71(126)93-33-64(121)108-66(42(8)9)82(137)106-58(36-114)79(134)107-60(38-116)86(141)142/h19-22,39-46,49-61,66-68,112-118H,14-18,23-38,88H2,1-13H3,(H2,89,119)(H,93,126)(H,94,128)(H,95,129)(H,96,120)(H,97,127)(H,98,130)(H,99,133)(H,100,131)(H,101,139)(H,102,138)(H,103,124)(H,104,125)(H,105,136)(H,106,137)(H,107,134)(H,108,121)(H,109,132)(H,110,135)(H,122,123)(H,141,142)(H4,90,91,92)/t43-,44-,45-,46+,49-,50-,51-,52-,53-,54-,55-,56-,57-,58-,59-,60-,61-,66-,67-,68-/m0/s1. The summed E-state index contributed by atoms with van der Waals surface area (Å²) >= 11 is 0. The monoisotopic (exact) mass is 2020 g/mol. The number of aromatic hydroxyl groups is 1. The maximum absolute atomic E-state index is 14.8. The number of amides is 20. The highest BCUT2D eigenvalue weighted by molar-refractivity contribution is 6.03. The van der Waals surface area contributed by atoms with E-state index in [2.05, 4.69) is 95.7 Å². The molecule has 0 radical (unpaired) electrons. The molecule has 0 saturated carbocycles. The van der Waals surface area contributed by atoms with Crippen LogP contribution in [-0.2, 0) is 112 Å². The molecular weight excluding hydrogens is 1880 g/mol. The lowest BCUT2D eigenvalue weighted by Gasteiger charge is -2.31. The molecule has 55 nitrogen and oxygen atoms in total. The number of rotatable bonds is 64. The summed E-state index contributed by atoms with van der Waals surface area (Å²) in [7, 11) is 0. The third kappa shape index (κ3) is 43.6. The van der Waals surface area contributed by atoms with Gasteiger partial charge in [0.25, 0.3) is 0 Å². The molecular formula is C87H144N24O31. The quantitative estimate of drug-likeness (QED) is 0.0164. The fourth-order valence-corrected chi connectivity index (χ4v) is 14.1. The van der Waals surface area contributed by atoms with Crippen LogP contribution < -0.4 is 118 Å². The molecule has 1 aliphatic rings. The SMILES string of the molecule is CC[C@H](C)[C@H](NC(=O)[C@H](CC(C)C)NC(=O)[C@H](CC(C)C)NC(=O)[C@H](CO)NC(=O)[C@@H]1CCCN1C(=O)[C@H](CCCNC(=N)N)NC(=O)[C@H](CCC(N)=O)NC(=O)CN)C(=O)N[C@@H](Cc1ccc(O)cc1)C(=O)N[C@@H](CC(=O)O)C(=O)N[C@@H](C)C(=O)N[C@@H](CO)C(=O)N[C@H](C(=O)N[C@@H](CC(C)C)C(=O)N[C@@H](C)C(=O)N[C@@H](CO)C(=O)NCC(=O)N[C@H](C(=O)N[C@@H](CO)C(=O)N[C@@H](CO)C(=O)O)C(C)C)[C@@H](C)O. The van der Waals surface area contributed by atoms with E-state index in [4.69, 9.17) is 27.7 Å². The first-order valence-electron chi connectivity index (χ1n) is 46.3. The molecule has 798 valence electrons. The van der Waals surface area contributed by atoms with Gasteiger partial charge in [0.15, 0.2) is 5.96 Å². The number of carboxylic acids is 2. The summed E-state index contributed by atoms with van der Waals surface area (Å²) in [6.45, 7) is 12.5. The van der Waals surface area contributed by atoms with Crippen LogP contribution in [0, 0.1) is 35.0 Å². The second-order valence-electron chi connectivity index (χ2n) is 35.8. The number of carboxylic acid groups (broad SMARTS) is 2. The maximum atomic E-state index is 14.8. The van der Waals surface area contributed by atoms with Crippen LogP contribution in [0.2, 0.25) is 0 Å². The van der Waals surface area contributed by atoms with Crippen molar-refractivity contribution in [1.82, 2.24) is 106 Å². The molecule has 1 heterocycles. The van der Waals surface area contributed by atoms with Gasteiger partial charge in [-0.05, 0) is 119 Å². The number of hydrogen-bond donors (Lipinski definition) is 32. The van der Waals surface area contributed by atoms with Crippen LogP contribution in [0.1, 0.15) is 166 Å². The van der Waals surface area contributed by atoms with Gasteiger partial charge in [0.2, 0.25) is 118 Å². The van der Waals surface area contributed by atoms with Gasteiger partial charge in [-0.15, -0.1) is 0 Å². The van der Waals surface area contributed by atoms with Gasteiger partial charge < -0.3 is 169 Å². The van der Waals surface area contributed by atoms with Crippen molar-refractivity contribution in [3.63, 3.8) is 0 Å². The highest BCUT2D eigenvalue weighted by Crippen LogP contribution is 2.22. The highest BCUT2D eigenvalue weighted by Gasteiger charge is 2.44. The summed E-state index contributed by atoms with van der Waals surface area (Å²) in [5.74, 6) is -27.9. The zero-order chi connectivity index (χ0) is 108. The van der Waals surface area contributed by atoms with Crippen molar-refractivity contribution in [2.75, 3.05) is 59.2 Å². The van der Waals surface area contributed by atoms with Crippen molar-refractivity contribution in [3.05, 3.63) is 29.8 Å². The van der Waals surface area contributed by atoms with Crippen molar-refractivity contribution in [2.45, 2.75) is 282 Å². The van der Waals surface area contributed by atoms with Crippen LogP contribution in [0.4, 0.5) is 0 Å². The molecule has 0 unspecified atom stereocenters. The van der Waals surface area contributed by atoms with Crippen LogP contribution in [0.3, 0.4) is 0 Å². The van der Waals surface area contributed by atoms with Gasteiger partial charge in [-0.2, -0.15) is 0 Å². The Morgan fingerprint density at radius 2 is 0.817 bits per heavy atom. The molecule has 20 atom stereocenters. The average Bonchev–Trinajstić information content (AvgIpc) is 1.55. The van der Waals surface area contributed by atoms with Gasteiger partial charge in [-0.1, -0.05) is 87.8 Å². The molecule has 20 amide bonds. The van der Waals surface area contributed by atoms with E-state index in [1.54, 1.807) is 55.4 Å². The zero-order valence-electron chi connectivity index (χ0n) is 81.7. The topological polar surface area (TPSA) is 891 Å². The number of benzene rings is 1. The van der Waals surface area contributed by atoms with E-state index in [0.29, 0.717) is 0 Å². The molecule has 35 N–H and O–H groups in total. The Bertz CT molecular complexity index is 4510. The van der Waals surface area contributed by atoms with E-state index in [9.17, 15) is 146 Å². The number of primary amides is 1. The summed E-state index contributed by atoms with van der Waals surface area (Å²) in [6, 6.07) is -24.8. The highest BCUT2D eigenvalue weighted by atomic mass is 16.4. The van der Waals surface area contributed by atoms with E-state index in [-0.39, 0.29) is 100 Å². The predicted octanol–water partition coefficient (Wildman–Crippen LogP) is -12.4. The normalized spacial score (nSPS) is 16.3. The van der Waals surface area contributed by atoms with E-state index in [1.165, 1.54) is 38.1 Å². The van der Waals surface area contributed by atoms with E-state index in [1.807, 2.05) is 5.32 Å². The third-order valence-corrected chi connectivity index (χ3v) is 22.1. The summed E-state index contributed by atoms with van der Waals surface area (Å²) in [5.41, 5.74) is 16.5. The average molecular weight is 2020 g/mol. The molecule has 2 rings (SSSR count). The molecule has 1 aromatic carbocycles. The minimum atomic E-state index is -2.10. The molecule has 55 heteroatoms. The fourth-order valence-electron chi connectivity index (χ4n) is 14.1. The lowest BCUT2D eigenvalue weighted by Crippen LogP contribution is -2.62. The first kappa shape index (κ1) is 124. The van der Waals surface area contributed by atoms with Gasteiger partial charge >= 0.3 is 11.9 Å². The van der Waals surface area contributed by atoms with Crippen LogP contribution in [0.25, 0.3) is 0 Å². The van der Waals surface area contributed by atoms with E-state index in [0.717, 1.165) is 25.7 Å². The molecule has 142 heavy (non-hydrogen) atoms. The summed E-state index contributed by atoms with van der Waals surface area (Å²) in [5, 5.41) is 142. The number of nitrogens with two attached hydrogens (primary N) is 3. The molecule has 0 aromatic heterocycles. The Labute approximate surface area is 819 Å². The Morgan fingerprint density at radius 3 is 1.27 bits per heavy atom. The van der Waals surface area contributed by atoms with E-state index < -0.39 is 328 Å². The zero-order valence-corrected chi connectivity index (χ0v) is 81.7. The number of hydrogen-bond acceptors (Lipinski definition) is 31. The molecule has 1 aromatic rings. The van der Waals surface area contributed by atoms with Crippen LogP contribution in [0.5, 0.6) is 5.75 Å². The smallest absolute Gasteiger partial charge is 0.328 e. The van der Waals surface area contributed by atoms with Crippen molar-refractivity contribution < 1.29 is 151 Å². The van der Waals surface area contributed by atoms with Gasteiger partial charge in [0.05, 0.1) is 58.6 Å². The van der Waals surface area contributed by atoms with Crippen molar-refractivity contribution in [3.8, 4) is 5.75 Å². The lowest BCUT2D eigenvalue weighted by atomic mass is 9.95. The number of aliphatic carboxylic acids is 2. The Balaban J connectivity index is 2.37. The Morgan fingerprint density at radius 1 is 0.423 bits per heavy atom. The first-order valence-corrected chi connectivity index (χ1v) is 46.3. The molecule has 0 spiro atoms. The predicted molar refractivity (Wildman–Crippen MR) is 500 cm³/mol. The van der Waals surface area contributed by atoms with Crippen molar-refractivity contribution in [1.29, 1.82) is 5.41 Å². The largest absolute Gasteiger partial charge is 0.508 e. The number of aliphatic hydroxyl groups excluding tert-OH is 6. The second-order valence-corrected chi connectivity index (χ2v) is 35.8. The number of likely N-dealkylation sites (tertiary alicyclic amines) is 1. The van der Waals surface area contributed by atoms with Gasteiger partial charge in [-0.25, -0.2) is 4.79 Å². The van der Waals surface area contributed by atoms with Crippen LogP contribution in [-0.4, -0.2) is 361 Å². The van der Waals surface area contributed by atoms with Crippen LogP contribution in [0.15, 0.2) is 24.3 Å². The molecule has 0 bridgehead atoms. The minimum absolute atomic E-state index is 0.0247. The number of carbonyl (C=O) groups is 22. The van der Waals surface area contributed by atoms with Crippen molar-refractivity contribution in [2.24, 2.45) is 46.8 Å². The Hall–Kier alpha value is -13.6. The first-order chi connectivity index (χ1) is 66.5. The second kappa shape index (κ2) is 62.5.